The molecule has 14 heteroatoms. The predicted molar refractivity (Wildman–Crippen MR) is 129 cm³/mol. The number of carbonyl (C=O) groups excluding carboxylic acids is 2. The number of nitrogens with zero attached hydrogens (tertiary/aromatic N) is 4. The molecule has 0 bridgehead atoms. The second kappa shape index (κ2) is 11.6. The average molecular weight is 556 g/mol. The van der Waals surface area contributed by atoms with Crippen molar-refractivity contribution in [2.75, 3.05) is 31.5 Å². The Morgan fingerprint density at radius 1 is 1.00 bits per heavy atom. The second-order valence-corrected chi connectivity index (χ2v) is 9.62. The minimum Gasteiger partial charge on any atom is -0.475 e. The van der Waals surface area contributed by atoms with Crippen LogP contribution >= 0.6 is 0 Å². The molecule has 3 aliphatic heterocycles. The van der Waals surface area contributed by atoms with E-state index in [1.807, 2.05) is 15.7 Å². The number of piperidine rings is 2. The summed E-state index contributed by atoms with van der Waals surface area (Å²) >= 11 is 0. The first-order valence-corrected chi connectivity index (χ1v) is 12.6. The number of anilines is 1. The van der Waals surface area contributed by atoms with Gasteiger partial charge in [0.05, 0.1) is 6.54 Å². The van der Waals surface area contributed by atoms with Crippen molar-refractivity contribution in [2.24, 2.45) is 0 Å². The normalized spacial score (nSPS) is 20.5. The van der Waals surface area contributed by atoms with Crippen LogP contribution in [0, 0.1) is 5.82 Å². The number of fused-ring (bicyclic) bond motifs is 2. The molecule has 1 aromatic carbocycles. The Hall–Kier alpha value is -3.68. The average Bonchev–Trinajstić information content (AvgIpc) is 3.40. The van der Waals surface area contributed by atoms with Crippen LogP contribution in [0.15, 0.2) is 36.7 Å². The lowest BCUT2D eigenvalue weighted by Gasteiger charge is -2.46. The number of rotatable bonds is 2. The first-order valence-electron chi connectivity index (χ1n) is 12.6. The fraction of sp³-hybridized carbons (Fsp3) is 0.520. The zero-order chi connectivity index (χ0) is 28.2. The van der Waals surface area contributed by atoms with Crippen molar-refractivity contribution in [3.05, 3.63) is 48.3 Å². The molecule has 0 radical (unpaired) electrons. The van der Waals surface area contributed by atoms with E-state index in [2.05, 4.69) is 10.3 Å². The molecule has 2 saturated heterocycles. The topological polar surface area (TPSA) is 117 Å². The van der Waals surface area contributed by atoms with Gasteiger partial charge in [-0.1, -0.05) is 0 Å². The van der Waals surface area contributed by atoms with Crippen molar-refractivity contribution in [1.82, 2.24) is 19.4 Å². The molecule has 0 aliphatic carbocycles. The number of likely N-dealkylation sites (tertiary alicyclic amines) is 2. The number of halogens is 4. The number of carbonyl (C=O) groups is 3. The minimum absolute atomic E-state index is 0.0555. The molecule has 1 unspecified atom stereocenters. The van der Waals surface area contributed by atoms with Gasteiger partial charge in [0.1, 0.15) is 17.2 Å². The van der Waals surface area contributed by atoms with E-state index in [-0.39, 0.29) is 17.8 Å². The summed E-state index contributed by atoms with van der Waals surface area (Å²) in [6.45, 7) is 3.01. The van der Waals surface area contributed by atoms with Gasteiger partial charge in [-0.15, -0.1) is 0 Å². The van der Waals surface area contributed by atoms with Gasteiger partial charge in [0.15, 0.2) is 6.10 Å². The van der Waals surface area contributed by atoms with Crippen LogP contribution in [0.5, 0.6) is 0 Å². The lowest BCUT2D eigenvalue weighted by Crippen LogP contribution is -2.56. The van der Waals surface area contributed by atoms with Gasteiger partial charge in [0.2, 0.25) is 0 Å². The number of carboxylic acids is 1. The molecular weight excluding hydrogens is 526 g/mol. The third-order valence-electron chi connectivity index (χ3n) is 6.99. The van der Waals surface area contributed by atoms with Crippen LogP contribution in [0.3, 0.4) is 0 Å². The molecule has 2 aromatic rings. The van der Waals surface area contributed by atoms with E-state index in [0.29, 0.717) is 38.2 Å². The number of alkyl halides is 3. The van der Waals surface area contributed by atoms with Gasteiger partial charge in [-0.05, 0) is 43.5 Å². The third-order valence-corrected chi connectivity index (χ3v) is 6.99. The Morgan fingerprint density at radius 3 is 2.21 bits per heavy atom. The maximum Gasteiger partial charge on any atom is 0.490 e. The first-order chi connectivity index (χ1) is 18.5. The van der Waals surface area contributed by atoms with Crippen LogP contribution in [0.2, 0.25) is 0 Å². The molecule has 39 heavy (non-hydrogen) atoms. The Labute approximate surface area is 221 Å². The van der Waals surface area contributed by atoms with Gasteiger partial charge in [-0.25, -0.2) is 19.0 Å². The largest absolute Gasteiger partial charge is 0.490 e. The smallest absolute Gasteiger partial charge is 0.475 e. The summed E-state index contributed by atoms with van der Waals surface area (Å²) in [5, 5.41) is 9.94. The quantitative estimate of drug-likeness (QED) is 0.548. The summed E-state index contributed by atoms with van der Waals surface area (Å²) in [6, 6.07) is 5.48. The van der Waals surface area contributed by atoms with Crippen LogP contribution in [-0.2, 0) is 26.5 Å². The number of ether oxygens (including phenoxy) is 1. The first kappa shape index (κ1) is 28.3. The molecule has 212 valence electrons. The van der Waals surface area contributed by atoms with Crippen molar-refractivity contribution >= 4 is 23.6 Å². The third kappa shape index (κ3) is 6.67. The highest BCUT2D eigenvalue weighted by molar-refractivity contribution is 5.89. The summed E-state index contributed by atoms with van der Waals surface area (Å²) in [4.78, 5) is 43.0. The number of amides is 3. The van der Waals surface area contributed by atoms with E-state index in [1.165, 1.54) is 30.7 Å². The number of urea groups is 1. The number of aliphatic carboxylic acids is 1. The Kier molecular flexibility index (Phi) is 8.42. The number of imidazole rings is 1. The molecule has 2 N–H and O–H groups in total. The monoisotopic (exact) mass is 555 g/mol. The van der Waals surface area contributed by atoms with Gasteiger partial charge in [-0.3, -0.25) is 4.79 Å². The molecule has 1 aromatic heterocycles. The Balaban J connectivity index is 0.000000448. The van der Waals surface area contributed by atoms with Gasteiger partial charge < -0.3 is 29.5 Å². The minimum atomic E-state index is -5.08. The summed E-state index contributed by atoms with van der Waals surface area (Å²) in [6.07, 6.45) is 2.41. The summed E-state index contributed by atoms with van der Waals surface area (Å²) in [7, 11) is 0. The molecular formula is C25H29F4N5O5. The van der Waals surface area contributed by atoms with Crippen LogP contribution in [0.4, 0.5) is 28.0 Å². The fourth-order valence-electron chi connectivity index (χ4n) is 4.99. The number of benzene rings is 1. The van der Waals surface area contributed by atoms with Gasteiger partial charge in [0.25, 0.3) is 5.91 Å². The van der Waals surface area contributed by atoms with Crippen LogP contribution in [0.25, 0.3) is 0 Å². The highest BCUT2D eigenvalue weighted by atomic mass is 19.4. The molecule has 4 heterocycles. The lowest BCUT2D eigenvalue weighted by molar-refractivity contribution is -0.192. The number of hydrogen-bond donors (Lipinski definition) is 2. The molecule has 5 rings (SSSR count). The van der Waals surface area contributed by atoms with Crippen LogP contribution in [-0.4, -0.2) is 80.8 Å². The Morgan fingerprint density at radius 2 is 1.62 bits per heavy atom. The molecule has 3 amide bonds. The number of nitrogens with one attached hydrogen (secondary N) is 1. The second-order valence-electron chi connectivity index (χ2n) is 9.62. The van der Waals surface area contributed by atoms with Crippen molar-refractivity contribution in [1.29, 1.82) is 0 Å². The highest BCUT2D eigenvalue weighted by Crippen LogP contribution is 2.40. The fourth-order valence-corrected chi connectivity index (χ4v) is 4.99. The summed E-state index contributed by atoms with van der Waals surface area (Å²) in [5.41, 5.74) is -0.127. The molecule has 10 nitrogen and oxygen atoms in total. The highest BCUT2D eigenvalue weighted by Gasteiger charge is 2.48. The van der Waals surface area contributed by atoms with Gasteiger partial charge in [0, 0.05) is 57.1 Å². The standard InChI is InChI=1S/C23H28FN5O3.C2HF3O2/c24-17-4-6-18(7-5-17)26-22(31)28-13-8-23(9-14-28)21-25-10-15-29(21)16-19(32-23)20(30)27-11-2-1-3-12-27;3-2(4,5)1(6)7/h4-7,10,15,19H,1-3,8-9,11-14,16H2,(H,26,31);(H,6,7). The maximum atomic E-state index is 13.2. The van der Waals surface area contributed by atoms with E-state index in [0.717, 1.165) is 31.8 Å². The molecule has 1 spiro atoms. The van der Waals surface area contributed by atoms with E-state index in [9.17, 15) is 27.2 Å². The van der Waals surface area contributed by atoms with Crippen molar-refractivity contribution in [2.45, 2.75) is 56.5 Å². The SMILES string of the molecule is O=C(Nc1ccc(F)cc1)N1CCC2(CC1)OC(C(=O)N1CCCCC1)Cn1ccnc12.O=C(O)C(F)(F)F. The van der Waals surface area contributed by atoms with Crippen molar-refractivity contribution < 1.29 is 41.8 Å². The predicted octanol–water partition coefficient (Wildman–Crippen LogP) is 3.59. The maximum absolute atomic E-state index is 13.2. The zero-order valence-electron chi connectivity index (χ0n) is 21.0. The summed E-state index contributed by atoms with van der Waals surface area (Å²) in [5.74, 6) is -2.22. The van der Waals surface area contributed by atoms with E-state index < -0.39 is 23.9 Å². The molecule has 3 aliphatic rings. The van der Waals surface area contributed by atoms with Crippen LogP contribution < -0.4 is 5.32 Å². The van der Waals surface area contributed by atoms with Gasteiger partial charge >= 0.3 is 18.2 Å². The zero-order valence-corrected chi connectivity index (χ0v) is 21.0. The van der Waals surface area contributed by atoms with E-state index in [1.54, 1.807) is 11.1 Å². The van der Waals surface area contributed by atoms with Crippen molar-refractivity contribution in [3.8, 4) is 0 Å². The number of carboxylic acid groups (broad SMARTS) is 1. The number of hydrogen-bond acceptors (Lipinski definition) is 5. The van der Waals surface area contributed by atoms with Gasteiger partial charge in [-0.2, -0.15) is 13.2 Å². The van der Waals surface area contributed by atoms with E-state index >= 15 is 0 Å². The molecule has 1 atom stereocenters. The Bertz CT molecular complexity index is 1170. The van der Waals surface area contributed by atoms with Crippen LogP contribution in [0.1, 0.15) is 37.9 Å². The number of aromatic nitrogens is 2. The van der Waals surface area contributed by atoms with Crippen molar-refractivity contribution in [3.63, 3.8) is 0 Å². The summed E-state index contributed by atoms with van der Waals surface area (Å²) < 4.78 is 53.4. The molecule has 2 fully saturated rings. The van der Waals surface area contributed by atoms with E-state index in [4.69, 9.17) is 14.6 Å². The molecule has 0 saturated carbocycles. The lowest BCUT2D eigenvalue weighted by atomic mass is 9.88.